The maximum atomic E-state index is 5.09. The third-order valence-electron chi connectivity index (χ3n) is 7.36. The molecule has 8 rings (SSSR count). The Balaban J connectivity index is 1.46. The van der Waals surface area contributed by atoms with E-state index >= 15 is 0 Å². The number of aromatic nitrogens is 4. The lowest BCUT2D eigenvalue weighted by Gasteiger charge is -2.15. The van der Waals surface area contributed by atoms with Crippen molar-refractivity contribution in [3.05, 3.63) is 133 Å². The van der Waals surface area contributed by atoms with Gasteiger partial charge in [-0.1, -0.05) is 121 Å². The van der Waals surface area contributed by atoms with E-state index in [4.69, 9.17) is 19.9 Å². The third-order valence-corrected chi connectivity index (χ3v) is 8.42. The number of rotatable bonds is 4. The molecule has 0 amide bonds. The molecule has 192 valence electrons. The number of nitrogens with zero attached hydrogens (tertiary/aromatic N) is 4. The van der Waals surface area contributed by atoms with Gasteiger partial charge in [-0.3, -0.25) is 0 Å². The van der Waals surface area contributed by atoms with Crippen LogP contribution in [0.15, 0.2) is 133 Å². The molecule has 0 saturated heterocycles. The summed E-state index contributed by atoms with van der Waals surface area (Å²) in [6, 6.07) is 45.6. The van der Waals surface area contributed by atoms with Crippen LogP contribution in [0.2, 0.25) is 0 Å². The molecule has 3 aromatic heterocycles. The first-order valence-electron chi connectivity index (χ1n) is 13.5. The van der Waals surface area contributed by atoms with Gasteiger partial charge in [-0.2, -0.15) is 0 Å². The fraction of sp³-hybridized carbons (Fsp3) is 0. The molecule has 5 heteroatoms. The van der Waals surface area contributed by atoms with E-state index < -0.39 is 0 Å². The molecule has 0 radical (unpaired) electrons. The van der Waals surface area contributed by atoms with Crippen LogP contribution in [0, 0.1) is 0 Å². The number of hydrogen-bond donors (Lipinski definition) is 0. The van der Waals surface area contributed by atoms with Crippen LogP contribution in [0.4, 0.5) is 0 Å². The maximum Gasteiger partial charge on any atom is 0.164 e. The summed E-state index contributed by atoms with van der Waals surface area (Å²) in [4.78, 5) is 21.1. The first kappa shape index (κ1) is 23.6. The standard InChI is InChI=1S/C36H22N4S/c1-3-13-23(14-4-1)33-38-34(24-15-5-2-6-16-24)40-35(39-33)26-18-8-7-17-25(26)31-27-19-9-11-21-29(27)37-36-32(31)28-20-10-12-22-30(28)41-36/h1-22H. The van der Waals surface area contributed by atoms with Gasteiger partial charge in [0.05, 0.1) is 5.52 Å². The Morgan fingerprint density at radius 3 is 1.66 bits per heavy atom. The van der Waals surface area contributed by atoms with Gasteiger partial charge in [0, 0.05) is 43.1 Å². The highest BCUT2D eigenvalue weighted by Gasteiger charge is 2.21. The minimum atomic E-state index is 0.641. The van der Waals surface area contributed by atoms with E-state index in [1.807, 2.05) is 60.7 Å². The van der Waals surface area contributed by atoms with Crippen molar-refractivity contribution in [3.8, 4) is 45.3 Å². The van der Waals surface area contributed by atoms with Gasteiger partial charge in [0.15, 0.2) is 17.5 Å². The average molecular weight is 543 g/mol. The Morgan fingerprint density at radius 2 is 0.951 bits per heavy atom. The summed E-state index contributed by atoms with van der Waals surface area (Å²) in [6.07, 6.45) is 0. The molecular formula is C36H22N4S. The lowest BCUT2D eigenvalue weighted by molar-refractivity contribution is 1.07. The summed E-state index contributed by atoms with van der Waals surface area (Å²) >= 11 is 1.73. The van der Waals surface area contributed by atoms with Gasteiger partial charge in [-0.05, 0) is 17.7 Å². The molecule has 0 bridgehead atoms. The van der Waals surface area contributed by atoms with Crippen LogP contribution in [-0.2, 0) is 0 Å². The molecule has 0 aliphatic carbocycles. The van der Waals surface area contributed by atoms with E-state index in [1.165, 1.54) is 10.1 Å². The molecule has 41 heavy (non-hydrogen) atoms. The number of fused-ring (bicyclic) bond motifs is 4. The number of para-hydroxylation sites is 1. The highest BCUT2D eigenvalue weighted by Crippen LogP contribution is 2.45. The predicted molar refractivity (Wildman–Crippen MR) is 170 cm³/mol. The van der Waals surface area contributed by atoms with Gasteiger partial charge in [0.2, 0.25) is 0 Å². The zero-order valence-corrected chi connectivity index (χ0v) is 22.7. The Morgan fingerprint density at radius 1 is 0.415 bits per heavy atom. The van der Waals surface area contributed by atoms with Gasteiger partial charge in [0.25, 0.3) is 0 Å². The van der Waals surface area contributed by atoms with Crippen molar-refractivity contribution < 1.29 is 0 Å². The molecule has 0 atom stereocenters. The van der Waals surface area contributed by atoms with Crippen molar-refractivity contribution in [2.75, 3.05) is 0 Å². The summed E-state index contributed by atoms with van der Waals surface area (Å²) in [5.41, 5.74) is 6.06. The van der Waals surface area contributed by atoms with E-state index in [0.29, 0.717) is 17.5 Å². The molecule has 0 fully saturated rings. The fourth-order valence-electron chi connectivity index (χ4n) is 5.48. The second kappa shape index (κ2) is 9.73. The Bertz CT molecular complexity index is 2150. The lowest BCUT2D eigenvalue weighted by Crippen LogP contribution is -2.01. The van der Waals surface area contributed by atoms with Crippen molar-refractivity contribution in [1.82, 2.24) is 19.9 Å². The largest absolute Gasteiger partial charge is 0.237 e. The molecule has 5 aromatic carbocycles. The van der Waals surface area contributed by atoms with E-state index in [-0.39, 0.29) is 0 Å². The minimum absolute atomic E-state index is 0.641. The van der Waals surface area contributed by atoms with Crippen molar-refractivity contribution in [1.29, 1.82) is 0 Å². The van der Waals surface area contributed by atoms with E-state index in [0.717, 1.165) is 48.9 Å². The van der Waals surface area contributed by atoms with Gasteiger partial charge in [-0.25, -0.2) is 19.9 Å². The van der Waals surface area contributed by atoms with Crippen LogP contribution in [0.1, 0.15) is 0 Å². The molecule has 0 saturated carbocycles. The molecule has 0 unspecified atom stereocenters. The van der Waals surface area contributed by atoms with Crippen LogP contribution < -0.4 is 0 Å². The smallest absolute Gasteiger partial charge is 0.164 e. The summed E-state index contributed by atoms with van der Waals surface area (Å²) in [5.74, 6) is 1.94. The number of thiophene rings is 1. The van der Waals surface area contributed by atoms with Crippen molar-refractivity contribution in [2.45, 2.75) is 0 Å². The molecule has 0 aliphatic rings. The van der Waals surface area contributed by atoms with Crippen LogP contribution in [-0.4, -0.2) is 19.9 Å². The number of benzene rings is 5. The van der Waals surface area contributed by atoms with Crippen LogP contribution in [0.5, 0.6) is 0 Å². The van der Waals surface area contributed by atoms with E-state index in [9.17, 15) is 0 Å². The van der Waals surface area contributed by atoms with Gasteiger partial charge < -0.3 is 0 Å². The van der Waals surface area contributed by atoms with E-state index in [2.05, 4.69) is 72.8 Å². The lowest BCUT2D eigenvalue weighted by atomic mass is 9.92. The molecular weight excluding hydrogens is 520 g/mol. The Hall–Kier alpha value is -5.26. The summed E-state index contributed by atoms with van der Waals surface area (Å²) in [7, 11) is 0. The van der Waals surface area contributed by atoms with E-state index in [1.54, 1.807) is 11.3 Å². The topological polar surface area (TPSA) is 51.6 Å². The normalized spacial score (nSPS) is 11.4. The second-order valence-electron chi connectivity index (χ2n) is 9.87. The van der Waals surface area contributed by atoms with Gasteiger partial charge in [0.1, 0.15) is 4.83 Å². The second-order valence-corrected chi connectivity index (χ2v) is 10.9. The minimum Gasteiger partial charge on any atom is -0.237 e. The highest BCUT2D eigenvalue weighted by atomic mass is 32.1. The first-order valence-corrected chi connectivity index (χ1v) is 14.3. The Kier molecular flexibility index (Phi) is 5.61. The molecule has 8 aromatic rings. The fourth-order valence-corrected chi connectivity index (χ4v) is 6.58. The molecule has 0 spiro atoms. The molecule has 3 heterocycles. The van der Waals surface area contributed by atoms with Crippen molar-refractivity contribution >= 4 is 42.5 Å². The van der Waals surface area contributed by atoms with Gasteiger partial charge >= 0.3 is 0 Å². The van der Waals surface area contributed by atoms with Crippen molar-refractivity contribution in [3.63, 3.8) is 0 Å². The zero-order valence-electron chi connectivity index (χ0n) is 21.9. The molecule has 4 nitrogen and oxygen atoms in total. The molecule has 0 aliphatic heterocycles. The first-order chi connectivity index (χ1) is 20.3. The zero-order chi connectivity index (χ0) is 27.2. The van der Waals surface area contributed by atoms with Crippen LogP contribution >= 0.6 is 11.3 Å². The third kappa shape index (κ3) is 4.06. The van der Waals surface area contributed by atoms with Crippen LogP contribution in [0.25, 0.3) is 76.5 Å². The monoisotopic (exact) mass is 542 g/mol. The van der Waals surface area contributed by atoms with Crippen LogP contribution in [0.3, 0.4) is 0 Å². The quantitative estimate of drug-likeness (QED) is 0.222. The Labute approximate surface area is 240 Å². The number of pyridine rings is 1. The number of hydrogen-bond acceptors (Lipinski definition) is 5. The van der Waals surface area contributed by atoms with Gasteiger partial charge in [-0.15, -0.1) is 11.3 Å². The summed E-state index contributed by atoms with van der Waals surface area (Å²) in [5, 5.41) is 3.48. The SMILES string of the molecule is c1ccc(-c2nc(-c3ccccc3)nc(-c3ccccc3-c3c4ccccc4nc4sc5ccccc5c34)n2)cc1. The highest BCUT2D eigenvalue weighted by molar-refractivity contribution is 7.25. The average Bonchev–Trinajstić information content (AvgIpc) is 3.42. The van der Waals surface area contributed by atoms with Crippen molar-refractivity contribution in [2.24, 2.45) is 0 Å². The summed E-state index contributed by atoms with van der Waals surface area (Å²) < 4.78 is 1.22. The summed E-state index contributed by atoms with van der Waals surface area (Å²) in [6.45, 7) is 0. The maximum absolute atomic E-state index is 5.09. The molecule has 0 N–H and O–H groups in total. The predicted octanol–water partition coefficient (Wildman–Crippen LogP) is 9.46.